The fourth-order valence-corrected chi connectivity index (χ4v) is 3.20. The van der Waals surface area contributed by atoms with Crippen molar-refractivity contribution in [3.63, 3.8) is 0 Å². The maximum absolute atomic E-state index is 12.7. The van der Waals surface area contributed by atoms with Gasteiger partial charge in [0, 0.05) is 15.6 Å². The predicted molar refractivity (Wildman–Crippen MR) is 98.8 cm³/mol. The van der Waals surface area contributed by atoms with Crippen LogP contribution in [0, 0.1) is 0 Å². The summed E-state index contributed by atoms with van der Waals surface area (Å²) in [6.45, 7) is -0.788. The van der Waals surface area contributed by atoms with Crippen molar-refractivity contribution in [2.24, 2.45) is 0 Å². The maximum Gasteiger partial charge on any atom is 0.261 e. The Labute approximate surface area is 158 Å². The van der Waals surface area contributed by atoms with Gasteiger partial charge in [-0.1, -0.05) is 64.5 Å². The number of nitrogens with zero attached hydrogens (tertiary/aromatic N) is 1. The van der Waals surface area contributed by atoms with Gasteiger partial charge in [0.15, 0.2) is 0 Å². The second-order valence-corrected chi connectivity index (χ2v) is 6.53. The van der Waals surface area contributed by atoms with Gasteiger partial charge in [-0.3, -0.25) is 14.5 Å². The van der Waals surface area contributed by atoms with Crippen LogP contribution in [0.2, 0.25) is 0 Å². The third kappa shape index (κ3) is 3.65. The van der Waals surface area contributed by atoms with Crippen molar-refractivity contribution in [2.75, 3.05) is 6.54 Å². The quantitative estimate of drug-likeness (QED) is 0.571. The van der Waals surface area contributed by atoms with Gasteiger partial charge in [0.05, 0.1) is 12.5 Å². The molecule has 0 N–H and O–H groups in total. The number of rotatable bonds is 4. The van der Waals surface area contributed by atoms with E-state index in [1.807, 2.05) is 36.4 Å². The number of aliphatic carboxylic acids is 1. The molecule has 1 aliphatic rings. The van der Waals surface area contributed by atoms with Crippen molar-refractivity contribution >= 4 is 45.4 Å². The minimum absolute atomic E-state index is 0.237. The second kappa shape index (κ2) is 7.49. The average molecular weight is 411 g/mol. The molecule has 0 saturated carbocycles. The SMILES string of the molecule is O=C([O-])CN1C(=O)C(=C/C(Br)=C/c2ccccc2)c2ccccc2C1=O. The highest BCUT2D eigenvalue weighted by Gasteiger charge is 2.34. The lowest BCUT2D eigenvalue weighted by Gasteiger charge is -2.28. The Kier molecular flexibility index (Phi) is 5.14. The Morgan fingerprint density at radius 3 is 2.23 bits per heavy atom. The smallest absolute Gasteiger partial charge is 0.261 e. The van der Waals surface area contributed by atoms with Crippen molar-refractivity contribution in [3.05, 3.63) is 81.8 Å². The van der Waals surface area contributed by atoms with E-state index in [0.717, 1.165) is 5.56 Å². The molecule has 2 aromatic rings. The zero-order valence-corrected chi connectivity index (χ0v) is 15.1. The number of carboxylic acid groups (broad SMARTS) is 1. The number of benzene rings is 2. The molecule has 5 nitrogen and oxygen atoms in total. The molecule has 6 heteroatoms. The average Bonchev–Trinajstić information content (AvgIpc) is 2.63. The molecular formula is C20H13BrNO4-. The first-order valence-corrected chi connectivity index (χ1v) is 8.56. The molecule has 0 atom stereocenters. The third-order valence-electron chi connectivity index (χ3n) is 3.84. The Balaban J connectivity index is 2.08. The highest BCUT2D eigenvalue weighted by molar-refractivity contribution is 9.12. The summed E-state index contributed by atoms with van der Waals surface area (Å²) in [5.41, 5.74) is 1.91. The summed E-state index contributed by atoms with van der Waals surface area (Å²) in [6, 6.07) is 16.1. The van der Waals surface area contributed by atoms with Crippen molar-refractivity contribution in [2.45, 2.75) is 0 Å². The zero-order chi connectivity index (χ0) is 18.7. The fraction of sp³-hybridized carbons (Fsp3) is 0.0500. The summed E-state index contributed by atoms with van der Waals surface area (Å²) >= 11 is 3.42. The molecule has 2 aromatic carbocycles. The molecule has 0 spiro atoms. The van der Waals surface area contributed by atoms with E-state index in [-0.39, 0.29) is 11.1 Å². The number of hydrogen-bond acceptors (Lipinski definition) is 4. The first-order chi connectivity index (χ1) is 12.5. The lowest BCUT2D eigenvalue weighted by Crippen LogP contribution is -2.47. The van der Waals surface area contributed by atoms with Crippen LogP contribution in [0.25, 0.3) is 11.6 Å². The molecule has 0 bridgehead atoms. The van der Waals surface area contributed by atoms with E-state index in [4.69, 9.17) is 0 Å². The van der Waals surface area contributed by atoms with Crippen LogP contribution in [-0.4, -0.2) is 29.2 Å². The number of fused-ring (bicyclic) bond motifs is 1. The van der Waals surface area contributed by atoms with Gasteiger partial charge in [0.25, 0.3) is 11.8 Å². The molecule has 0 aromatic heterocycles. The van der Waals surface area contributed by atoms with Crippen molar-refractivity contribution in [1.29, 1.82) is 0 Å². The van der Waals surface area contributed by atoms with Crippen molar-refractivity contribution in [3.8, 4) is 0 Å². The van der Waals surface area contributed by atoms with Crippen LogP contribution in [0.4, 0.5) is 0 Å². The topological polar surface area (TPSA) is 77.5 Å². The van der Waals surface area contributed by atoms with Crippen LogP contribution in [0.3, 0.4) is 0 Å². The van der Waals surface area contributed by atoms with Crippen LogP contribution < -0.4 is 5.11 Å². The predicted octanol–water partition coefficient (Wildman–Crippen LogP) is 2.24. The highest BCUT2D eigenvalue weighted by Crippen LogP contribution is 2.30. The summed E-state index contributed by atoms with van der Waals surface area (Å²) in [5.74, 6) is -2.81. The maximum atomic E-state index is 12.7. The Morgan fingerprint density at radius 2 is 1.58 bits per heavy atom. The number of hydrogen-bond donors (Lipinski definition) is 0. The van der Waals surface area contributed by atoms with E-state index in [9.17, 15) is 19.5 Å². The number of carbonyl (C=O) groups excluding carboxylic acids is 3. The summed E-state index contributed by atoms with van der Waals surface area (Å²) in [4.78, 5) is 36.8. The van der Waals surface area contributed by atoms with Gasteiger partial charge in [0.2, 0.25) is 0 Å². The molecule has 1 aliphatic heterocycles. The molecule has 26 heavy (non-hydrogen) atoms. The van der Waals surface area contributed by atoms with Gasteiger partial charge < -0.3 is 9.90 Å². The van der Waals surface area contributed by atoms with E-state index < -0.39 is 24.3 Å². The van der Waals surface area contributed by atoms with Gasteiger partial charge in [-0.2, -0.15) is 0 Å². The van der Waals surface area contributed by atoms with E-state index >= 15 is 0 Å². The molecule has 2 amide bonds. The number of carboxylic acids is 1. The van der Waals surface area contributed by atoms with Crippen LogP contribution in [-0.2, 0) is 9.59 Å². The molecule has 3 rings (SSSR count). The van der Waals surface area contributed by atoms with Crippen LogP contribution in [0.5, 0.6) is 0 Å². The largest absolute Gasteiger partial charge is 0.548 e. The van der Waals surface area contributed by atoms with Gasteiger partial charge in [0.1, 0.15) is 0 Å². The van der Waals surface area contributed by atoms with E-state index in [2.05, 4.69) is 15.9 Å². The molecule has 0 aliphatic carbocycles. The van der Waals surface area contributed by atoms with Crippen molar-refractivity contribution < 1.29 is 19.5 Å². The fourth-order valence-electron chi connectivity index (χ4n) is 2.70. The minimum atomic E-state index is -1.50. The monoisotopic (exact) mass is 410 g/mol. The van der Waals surface area contributed by atoms with Gasteiger partial charge in [-0.15, -0.1) is 0 Å². The van der Waals surface area contributed by atoms with Crippen LogP contribution in [0.1, 0.15) is 21.5 Å². The second-order valence-electron chi connectivity index (χ2n) is 5.61. The highest BCUT2D eigenvalue weighted by atomic mass is 79.9. The van der Waals surface area contributed by atoms with Gasteiger partial charge >= 0.3 is 0 Å². The first kappa shape index (κ1) is 17.8. The molecule has 0 fully saturated rings. The number of allylic oxidation sites excluding steroid dienone is 2. The zero-order valence-electron chi connectivity index (χ0n) is 13.5. The van der Waals surface area contributed by atoms with Crippen molar-refractivity contribution in [1.82, 2.24) is 4.90 Å². The number of amides is 2. The van der Waals surface area contributed by atoms with E-state index in [1.54, 1.807) is 30.3 Å². The first-order valence-electron chi connectivity index (χ1n) is 7.77. The van der Waals surface area contributed by atoms with Crippen LogP contribution in [0.15, 0.2) is 65.2 Å². The normalized spacial score (nSPS) is 16.0. The van der Waals surface area contributed by atoms with E-state index in [0.29, 0.717) is 14.9 Å². The lowest BCUT2D eigenvalue weighted by molar-refractivity contribution is -0.305. The van der Waals surface area contributed by atoms with Gasteiger partial charge in [-0.25, -0.2) is 0 Å². The minimum Gasteiger partial charge on any atom is -0.548 e. The Hall–Kier alpha value is -2.99. The molecule has 1 heterocycles. The molecule has 130 valence electrons. The summed E-state index contributed by atoms with van der Waals surface area (Å²) < 4.78 is 0.615. The standard InChI is InChI=1S/C20H14BrNO4/c21-14(10-13-6-2-1-3-7-13)11-17-15-8-4-5-9-16(15)19(25)22(20(17)26)12-18(23)24/h1-11H,12H2,(H,23,24)/p-1/b14-10-,17-11?. The van der Waals surface area contributed by atoms with E-state index in [1.165, 1.54) is 0 Å². The van der Waals surface area contributed by atoms with Gasteiger partial charge in [-0.05, 0) is 29.3 Å². The summed E-state index contributed by atoms with van der Waals surface area (Å²) in [5, 5.41) is 10.9. The Bertz CT molecular complexity index is 947. The Morgan fingerprint density at radius 1 is 0.962 bits per heavy atom. The number of imide groups is 1. The number of halogens is 1. The molecule has 0 radical (unpaired) electrons. The molecule has 0 saturated heterocycles. The van der Waals surface area contributed by atoms with Crippen LogP contribution >= 0.6 is 15.9 Å². The molecular weight excluding hydrogens is 398 g/mol. The summed E-state index contributed by atoms with van der Waals surface area (Å²) in [6.07, 6.45) is 3.41. The molecule has 0 unspecified atom stereocenters. The number of carbonyl (C=O) groups is 3. The lowest BCUT2D eigenvalue weighted by atomic mass is 9.93. The third-order valence-corrected chi connectivity index (χ3v) is 4.30. The summed E-state index contributed by atoms with van der Waals surface area (Å²) in [7, 11) is 0.